The molecule has 1 aromatic carbocycles. The van der Waals surface area contributed by atoms with Crippen LogP contribution in [0.2, 0.25) is 0 Å². The van der Waals surface area contributed by atoms with Crippen molar-refractivity contribution in [3.63, 3.8) is 0 Å². The van der Waals surface area contributed by atoms with Gasteiger partial charge in [0.15, 0.2) is 0 Å². The maximum Gasteiger partial charge on any atom is 0.233 e. The summed E-state index contributed by atoms with van der Waals surface area (Å²) in [7, 11) is 0. The normalized spacial score (nSPS) is 20.0. The standard InChI is InChI=1S/C19H19FN4O2/c20-14-3-1-2-4-18(14)26-19-8-7-16(23-24-19)13-6-5-12(11-17(13)25)15-9-10-21-22-15/h5-11,14,18,25H,1-4H2,(H,21,22)/t14-,18+/m0/s1. The van der Waals surface area contributed by atoms with Crippen molar-refractivity contribution in [2.45, 2.75) is 38.0 Å². The van der Waals surface area contributed by atoms with Crippen molar-refractivity contribution in [2.24, 2.45) is 0 Å². The van der Waals surface area contributed by atoms with Crippen LogP contribution in [0.4, 0.5) is 4.39 Å². The van der Waals surface area contributed by atoms with Crippen molar-refractivity contribution in [3.8, 4) is 34.1 Å². The number of H-pyrrole nitrogens is 1. The van der Waals surface area contributed by atoms with Gasteiger partial charge in [-0.3, -0.25) is 5.10 Å². The molecule has 1 aliphatic carbocycles. The van der Waals surface area contributed by atoms with Gasteiger partial charge in [-0.1, -0.05) is 12.5 Å². The third-order valence-corrected chi connectivity index (χ3v) is 4.62. The van der Waals surface area contributed by atoms with Gasteiger partial charge in [-0.2, -0.15) is 5.10 Å². The molecular weight excluding hydrogens is 335 g/mol. The Morgan fingerprint density at radius 2 is 1.96 bits per heavy atom. The third kappa shape index (κ3) is 3.37. The zero-order valence-electron chi connectivity index (χ0n) is 14.1. The van der Waals surface area contributed by atoms with E-state index in [1.807, 2.05) is 12.1 Å². The first kappa shape index (κ1) is 16.5. The first-order chi connectivity index (χ1) is 12.7. The van der Waals surface area contributed by atoms with Crippen molar-refractivity contribution in [2.75, 3.05) is 0 Å². The van der Waals surface area contributed by atoms with E-state index in [-0.39, 0.29) is 5.75 Å². The van der Waals surface area contributed by atoms with Gasteiger partial charge in [0.05, 0.1) is 11.4 Å². The van der Waals surface area contributed by atoms with Crippen LogP contribution in [0, 0.1) is 0 Å². The molecule has 0 amide bonds. The minimum atomic E-state index is -0.954. The van der Waals surface area contributed by atoms with E-state index in [9.17, 15) is 9.50 Å². The van der Waals surface area contributed by atoms with Gasteiger partial charge in [0.2, 0.25) is 5.88 Å². The highest BCUT2D eigenvalue weighted by Gasteiger charge is 2.26. The number of hydrogen-bond acceptors (Lipinski definition) is 5. The van der Waals surface area contributed by atoms with Crippen molar-refractivity contribution in [3.05, 3.63) is 42.6 Å². The Morgan fingerprint density at radius 3 is 2.65 bits per heavy atom. The van der Waals surface area contributed by atoms with E-state index in [2.05, 4.69) is 20.4 Å². The van der Waals surface area contributed by atoms with Crippen LogP contribution in [0.3, 0.4) is 0 Å². The van der Waals surface area contributed by atoms with Crippen LogP contribution < -0.4 is 4.74 Å². The highest BCUT2D eigenvalue weighted by molar-refractivity contribution is 5.72. The number of aromatic hydroxyl groups is 1. The van der Waals surface area contributed by atoms with Crippen LogP contribution in [0.1, 0.15) is 25.7 Å². The highest BCUT2D eigenvalue weighted by Crippen LogP contribution is 2.32. The Kier molecular flexibility index (Phi) is 4.51. The fourth-order valence-corrected chi connectivity index (χ4v) is 3.20. The van der Waals surface area contributed by atoms with Crippen molar-refractivity contribution < 1.29 is 14.2 Å². The summed E-state index contributed by atoms with van der Waals surface area (Å²) in [5.41, 5.74) is 2.72. The number of hydrogen-bond donors (Lipinski definition) is 2. The van der Waals surface area contributed by atoms with Gasteiger partial charge in [0.1, 0.15) is 18.0 Å². The number of benzene rings is 1. The van der Waals surface area contributed by atoms with Crippen LogP contribution in [0.25, 0.3) is 22.5 Å². The lowest BCUT2D eigenvalue weighted by atomic mass is 9.96. The summed E-state index contributed by atoms with van der Waals surface area (Å²) in [5, 5.41) is 25.2. The fourth-order valence-electron chi connectivity index (χ4n) is 3.20. The molecule has 0 spiro atoms. The SMILES string of the molecule is Oc1cc(-c2ccn[nH]2)ccc1-c1ccc(O[C@@H]2CCCC[C@@H]2F)nn1. The molecule has 1 fully saturated rings. The molecule has 2 atom stereocenters. The maximum absolute atomic E-state index is 13.9. The molecule has 0 radical (unpaired) electrons. The van der Waals surface area contributed by atoms with Crippen LogP contribution in [0.15, 0.2) is 42.6 Å². The van der Waals surface area contributed by atoms with Gasteiger partial charge in [0, 0.05) is 23.4 Å². The van der Waals surface area contributed by atoms with E-state index in [4.69, 9.17) is 4.74 Å². The van der Waals surface area contributed by atoms with Crippen LogP contribution in [-0.4, -0.2) is 37.8 Å². The predicted octanol–water partition coefficient (Wildman–Crippen LogP) is 3.90. The lowest BCUT2D eigenvalue weighted by Crippen LogP contribution is -2.32. The molecule has 2 heterocycles. The van der Waals surface area contributed by atoms with Gasteiger partial charge in [-0.15, -0.1) is 10.2 Å². The molecule has 1 aliphatic rings. The van der Waals surface area contributed by atoms with Gasteiger partial charge < -0.3 is 9.84 Å². The van der Waals surface area contributed by atoms with Gasteiger partial charge in [-0.25, -0.2) is 4.39 Å². The number of alkyl halides is 1. The molecule has 2 aromatic heterocycles. The van der Waals surface area contributed by atoms with E-state index >= 15 is 0 Å². The average Bonchev–Trinajstić information content (AvgIpc) is 3.19. The first-order valence-electron chi connectivity index (χ1n) is 8.68. The molecule has 0 bridgehead atoms. The molecule has 26 heavy (non-hydrogen) atoms. The molecule has 1 saturated carbocycles. The van der Waals surface area contributed by atoms with E-state index in [1.165, 1.54) is 0 Å². The number of halogens is 1. The third-order valence-electron chi connectivity index (χ3n) is 4.62. The summed E-state index contributed by atoms with van der Waals surface area (Å²) in [6.07, 6.45) is 3.34. The molecular formula is C19H19FN4O2. The van der Waals surface area contributed by atoms with Crippen molar-refractivity contribution >= 4 is 0 Å². The molecule has 0 saturated heterocycles. The number of nitrogens with one attached hydrogen (secondary N) is 1. The Labute approximate surface area is 150 Å². The van der Waals surface area contributed by atoms with Crippen molar-refractivity contribution in [1.29, 1.82) is 0 Å². The molecule has 7 heteroatoms. The quantitative estimate of drug-likeness (QED) is 0.742. The van der Waals surface area contributed by atoms with E-state index in [1.54, 1.807) is 30.5 Å². The largest absolute Gasteiger partial charge is 0.507 e. The van der Waals surface area contributed by atoms with Crippen LogP contribution >= 0.6 is 0 Å². The van der Waals surface area contributed by atoms with E-state index < -0.39 is 12.3 Å². The maximum atomic E-state index is 13.9. The van der Waals surface area contributed by atoms with Gasteiger partial charge >= 0.3 is 0 Å². The summed E-state index contributed by atoms with van der Waals surface area (Å²) in [4.78, 5) is 0. The molecule has 0 aliphatic heterocycles. The number of nitrogens with zero attached hydrogens (tertiary/aromatic N) is 3. The highest BCUT2D eigenvalue weighted by atomic mass is 19.1. The Morgan fingerprint density at radius 1 is 1.08 bits per heavy atom. The molecule has 2 N–H and O–H groups in total. The minimum absolute atomic E-state index is 0.0937. The zero-order chi connectivity index (χ0) is 17.9. The number of aromatic nitrogens is 4. The van der Waals surface area contributed by atoms with Crippen molar-refractivity contribution in [1.82, 2.24) is 20.4 Å². The number of rotatable bonds is 4. The summed E-state index contributed by atoms with van der Waals surface area (Å²) in [6.45, 7) is 0. The molecule has 0 unspecified atom stereocenters. The second-order valence-electron chi connectivity index (χ2n) is 6.42. The fraction of sp³-hybridized carbons (Fsp3) is 0.316. The van der Waals surface area contributed by atoms with E-state index in [0.717, 1.165) is 24.1 Å². The zero-order valence-corrected chi connectivity index (χ0v) is 14.1. The lowest BCUT2D eigenvalue weighted by Gasteiger charge is -2.25. The number of aromatic amines is 1. The van der Waals surface area contributed by atoms with Crippen LogP contribution in [0.5, 0.6) is 11.6 Å². The Hall–Kier alpha value is -2.96. The summed E-state index contributed by atoms with van der Waals surface area (Å²) < 4.78 is 19.5. The number of ether oxygens (including phenoxy) is 1. The molecule has 134 valence electrons. The Balaban J connectivity index is 1.51. The number of phenolic OH excluding ortho intramolecular Hbond substituents is 1. The second-order valence-corrected chi connectivity index (χ2v) is 6.42. The summed E-state index contributed by atoms with van der Waals surface area (Å²) in [6, 6.07) is 10.5. The topological polar surface area (TPSA) is 83.9 Å². The van der Waals surface area contributed by atoms with Gasteiger partial charge in [0.25, 0.3) is 0 Å². The second kappa shape index (κ2) is 7.11. The average molecular weight is 354 g/mol. The summed E-state index contributed by atoms with van der Waals surface area (Å²) >= 11 is 0. The smallest absolute Gasteiger partial charge is 0.233 e. The summed E-state index contributed by atoms with van der Waals surface area (Å²) in [5.74, 6) is 0.396. The Bertz CT molecular complexity index is 868. The molecule has 6 nitrogen and oxygen atoms in total. The minimum Gasteiger partial charge on any atom is -0.507 e. The number of phenols is 1. The monoisotopic (exact) mass is 354 g/mol. The lowest BCUT2D eigenvalue weighted by molar-refractivity contribution is 0.0594. The van der Waals surface area contributed by atoms with Crippen LogP contribution in [-0.2, 0) is 0 Å². The molecule has 4 rings (SSSR count). The van der Waals surface area contributed by atoms with Gasteiger partial charge in [-0.05, 0) is 43.5 Å². The first-order valence-corrected chi connectivity index (χ1v) is 8.68. The molecule has 3 aromatic rings. The van der Waals surface area contributed by atoms with E-state index in [0.29, 0.717) is 30.0 Å². The predicted molar refractivity (Wildman–Crippen MR) is 94.5 cm³/mol.